The van der Waals surface area contributed by atoms with E-state index in [1.54, 1.807) is 34.3 Å². The van der Waals surface area contributed by atoms with Gasteiger partial charge in [-0.05, 0) is 30.2 Å². The first kappa shape index (κ1) is 26.6. The van der Waals surface area contributed by atoms with E-state index in [1.165, 1.54) is 22.9 Å². The Labute approximate surface area is 232 Å². The second-order valence-electron chi connectivity index (χ2n) is 9.75. The topological polar surface area (TPSA) is 117 Å². The molecule has 1 N–H and O–H groups in total. The smallest absolute Gasteiger partial charge is 0.396 e. The first-order valence-corrected chi connectivity index (χ1v) is 13.1. The van der Waals surface area contributed by atoms with Crippen molar-refractivity contribution in [3.05, 3.63) is 72.0 Å². The lowest BCUT2D eigenvalue weighted by Gasteiger charge is -2.42. The zero-order valence-corrected chi connectivity index (χ0v) is 21.8. The van der Waals surface area contributed by atoms with Crippen molar-refractivity contribution in [3.8, 4) is 11.5 Å². The van der Waals surface area contributed by atoms with E-state index in [0.717, 1.165) is 17.8 Å². The molecule has 2 aliphatic heterocycles. The number of rotatable bonds is 7. The maximum absolute atomic E-state index is 13.5. The van der Waals surface area contributed by atoms with Gasteiger partial charge in [-0.3, -0.25) is 18.9 Å². The number of anilines is 1. The molecule has 1 saturated heterocycles. The second kappa shape index (κ2) is 10.8. The van der Waals surface area contributed by atoms with E-state index < -0.39 is 11.7 Å². The average molecular weight is 566 g/mol. The van der Waals surface area contributed by atoms with Gasteiger partial charge >= 0.3 is 6.18 Å². The number of aryl methyl sites for hydroxylation is 1. The van der Waals surface area contributed by atoms with Crippen LogP contribution in [0.5, 0.6) is 0 Å². The number of fused-ring (bicyclic) bond motifs is 1. The van der Waals surface area contributed by atoms with Crippen molar-refractivity contribution in [2.75, 3.05) is 37.7 Å². The third-order valence-electron chi connectivity index (χ3n) is 7.15. The van der Waals surface area contributed by atoms with Crippen LogP contribution in [0.15, 0.2) is 65.8 Å². The minimum absolute atomic E-state index is 0.0390. The number of carbonyl (C=O) groups excluding carboxylic acids is 1. The SMILES string of the molecule is O=C(c1cnn(CCCO)c1)N1CCN(c2ccnc(-c3cnc4ccc(C(F)(F)F)cn34)n2)CC1C1=CCN=C1. The highest BCUT2D eigenvalue weighted by molar-refractivity contribution is 5.95. The highest BCUT2D eigenvalue weighted by Crippen LogP contribution is 2.31. The summed E-state index contributed by atoms with van der Waals surface area (Å²) in [6.45, 7) is 2.41. The van der Waals surface area contributed by atoms with Gasteiger partial charge in [-0.25, -0.2) is 15.0 Å². The summed E-state index contributed by atoms with van der Waals surface area (Å²) in [4.78, 5) is 34.9. The molecule has 4 aromatic heterocycles. The fourth-order valence-corrected chi connectivity index (χ4v) is 5.07. The highest BCUT2D eigenvalue weighted by Gasteiger charge is 2.35. The van der Waals surface area contributed by atoms with Gasteiger partial charge in [0.15, 0.2) is 5.82 Å². The van der Waals surface area contributed by atoms with Crippen LogP contribution in [0.1, 0.15) is 22.3 Å². The quantitative estimate of drug-likeness (QED) is 0.366. The number of halogens is 3. The second-order valence-corrected chi connectivity index (χ2v) is 9.75. The third kappa shape index (κ3) is 5.29. The summed E-state index contributed by atoms with van der Waals surface area (Å²) >= 11 is 0. The maximum Gasteiger partial charge on any atom is 0.417 e. The summed E-state index contributed by atoms with van der Waals surface area (Å²) < 4.78 is 43.0. The fourth-order valence-electron chi connectivity index (χ4n) is 5.07. The van der Waals surface area contributed by atoms with Crippen molar-refractivity contribution in [2.24, 2.45) is 4.99 Å². The normalized spacial score (nSPS) is 17.5. The van der Waals surface area contributed by atoms with E-state index in [-0.39, 0.29) is 24.4 Å². The first-order valence-electron chi connectivity index (χ1n) is 13.1. The fraction of sp³-hybridized carbons (Fsp3) is 0.333. The monoisotopic (exact) mass is 565 g/mol. The lowest BCUT2D eigenvalue weighted by Crippen LogP contribution is -2.56. The van der Waals surface area contributed by atoms with Gasteiger partial charge in [0.05, 0.1) is 36.1 Å². The van der Waals surface area contributed by atoms with Gasteiger partial charge in [0.1, 0.15) is 17.2 Å². The van der Waals surface area contributed by atoms with Crippen molar-refractivity contribution < 1.29 is 23.1 Å². The van der Waals surface area contributed by atoms with E-state index in [4.69, 9.17) is 5.11 Å². The molecule has 0 spiro atoms. The molecule has 1 atom stereocenters. The van der Waals surface area contributed by atoms with Gasteiger partial charge in [-0.1, -0.05) is 6.08 Å². The number of pyridine rings is 1. The van der Waals surface area contributed by atoms with Gasteiger partial charge in [0, 0.05) is 57.6 Å². The molecular weight excluding hydrogens is 539 g/mol. The number of carbonyl (C=O) groups is 1. The van der Waals surface area contributed by atoms with Crippen LogP contribution in [-0.2, 0) is 12.7 Å². The molecule has 0 aliphatic carbocycles. The molecule has 1 amide bonds. The molecule has 1 unspecified atom stereocenters. The minimum Gasteiger partial charge on any atom is -0.396 e. The summed E-state index contributed by atoms with van der Waals surface area (Å²) in [6.07, 6.45) is 7.05. The Morgan fingerprint density at radius 1 is 1.10 bits per heavy atom. The number of aliphatic hydroxyl groups excluding tert-OH is 1. The van der Waals surface area contributed by atoms with Gasteiger partial charge in [0.25, 0.3) is 5.91 Å². The van der Waals surface area contributed by atoms with E-state index in [0.29, 0.717) is 61.9 Å². The molecule has 11 nitrogen and oxygen atoms in total. The number of piperazine rings is 1. The predicted molar refractivity (Wildman–Crippen MR) is 144 cm³/mol. The molecule has 1 fully saturated rings. The molecule has 6 rings (SSSR count). The maximum atomic E-state index is 13.5. The van der Waals surface area contributed by atoms with Crippen LogP contribution in [0.2, 0.25) is 0 Å². The number of hydrogen-bond donors (Lipinski definition) is 1. The van der Waals surface area contributed by atoms with Crippen LogP contribution in [0.4, 0.5) is 19.0 Å². The zero-order valence-electron chi connectivity index (χ0n) is 21.8. The Morgan fingerprint density at radius 2 is 1.98 bits per heavy atom. The van der Waals surface area contributed by atoms with Gasteiger partial charge in [-0.2, -0.15) is 18.3 Å². The van der Waals surface area contributed by atoms with E-state index in [1.807, 2.05) is 11.0 Å². The summed E-state index contributed by atoms with van der Waals surface area (Å²) in [5.74, 6) is 0.670. The number of hydrogen-bond acceptors (Lipinski definition) is 8. The van der Waals surface area contributed by atoms with Gasteiger partial charge in [0.2, 0.25) is 0 Å². The number of imidazole rings is 1. The standard InChI is InChI=1S/C27H26F3N9O2/c28-27(29,30)20-2-3-23-33-14-21(39(23)16-20)25-32-7-5-24(35-25)36-9-10-38(22(17-36)18-4-6-31-12-18)26(41)19-13-34-37(15-19)8-1-11-40/h2-5,7,12-16,22,40H,1,6,8-11,17H2. The van der Waals surface area contributed by atoms with Crippen molar-refractivity contribution >= 4 is 23.6 Å². The van der Waals surface area contributed by atoms with Crippen LogP contribution in [0, 0.1) is 0 Å². The number of aromatic nitrogens is 6. The largest absolute Gasteiger partial charge is 0.417 e. The number of nitrogens with zero attached hydrogens (tertiary/aromatic N) is 9. The number of alkyl halides is 3. The average Bonchev–Trinajstić information content (AvgIpc) is 3.76. The molecular formula is C27H26F3N9O2. The lowest BCUT2D eigenvalue weighted by molar-refractivity contribution is -0.137. The summed E-state index contributed by atoms with van der Waals surface area (Å²) in [7, 11) is 0. The Kier molecular flexibility index (Phi) is 6.99. The van der Waals surface area contributed by atoms with E-state index >= 15 is 0 Å². The van der Waals surface area contributed by atoms with Crippen LogP contribution in [0.3, 0.4) is 0 Å². The van der Waals surface area contributed by atoms with Crippen molar-refractivity contribution in [1.29, 1.82) is 0 Å². The first-order chi connectivity index (χ1) is 19.8. The Balaban J connectivity index is 1.27. The number of aliphatic hydroxyl groups is 1. The molecule has 0 aromatic carbocycles. The molecule has 14 heteroatoms. The zero-order chi connectivity index (χ0) is 28.6. The van der Waals surface area contributed by atoms with Gasteiger partial charge < -0.3 is 14.9 Å². The summed E-state index contributed by atoms with van der Waals surface area (Å²) in [6, 6.07) is 3.74. The van der Waals surface area contributed by atoms with E-state index in [9.17, 15) is 18.0 Å². The Morgan fingerprint density at radius 3 is 2.76 bits per heavy atom. The molecule has 2 aliphatic rings. The van der Waals surface area contributed by atoms with Crippen LogP contribution in [-0.4, -0.2) is 90.1 Å². The number of amides is 1. The molecule has 0 saturated carbocycles. The Hall–Kier alpha value is -4.59. The third-order valence-corrected chi connectivity index (χ3v) is 7.15. The molecule has 212 valence electrons. The van der Waals surface area contributed by atoms with Gasteiger partial charge in [-0.15, -0.1) is 0 Å². The van der Waals surface area contributed by atoms with Crippen molar-refractivity contribution in [3.63, 3.8) is 0 Å². The predicted octanol–water partition coefficient (Wildman–Crippen LogP) is 2.73. The van der Waals surface area contributed by atoms with E-state index in [2.05, 4.69) is 25.0 Å². The van der Waals surface area contributed by atoms with Crippen molar-refractivity contribution in [2.45, 2.75) is 25.2 Å². The molecule has 0 bridgehead atoms. The highest BCUT2D eigenvalue weighted by atomic mass is 19.4. The molecule has 41 heavy (non-hydrogen) atoms. The summed E-state index contributed by atoms with van der Waals surface area (Å²) in [5.41, 5.74) is 1.27. The van der Waals surface area contributed by atoms with Crippen LogP contribution in [0.25, 0.3) is 17.2 Å². The lowest BCUT2D eigenvalue weighted by atomic mass is 10.0. The number of aliphatic imine (C=N–C) groups is 1. The van der Waals surface area contributed by atoms with Crippen LogP contribution < -0.4 is 4.90 Å². The summed E-state index contributed by atoms with van der Waals surface area (Å²) in [5, 5.41) is 13.3. The Bertz CT molecular complexity index is 1640. The molecule has 4 aromatic rings. The minimum atomic E-state index is -4.50. The molecule has 0 radical (unpaired) electrons. The molecule has 6 heterocycles. The van der Waals surface area contributed by atoms with Crippen molar-refractivity contribution in [1.82, 2.24) is 34.0 Å². The van der Waals surface area contributed by atoms with Crippen LogP contribution >= 0.6 is 0 Å².